The van der Waals surface area contributed by atoms with Crippen molar-refractivity contribution in [1.29, 1.82) is 0 Å². The van der Waals surface area contributed by atoms with E-state index in [-0.39, 0.29) is 178 Å². The van der Waals surface area contributed by atoms with Gasteiger partial charge in [0.05, 0.1) is 49.8 Å². The Balaban J connectivity index is 0.000000247. The average molecular weight is 971 g/mol. The van der Waals surface area contributed by atoms with Gasteiger partial charge >= 0.3 is 84.6 Å². The predicted molar refractivity (Wildman–Crippen MR) is 234 cm³/mol. The Kier molecular flexibility index (Phi) is 18.4. The maximum atomic E-state index is 12.6. The van der Waals surface area contributed by atoms with Gasteiger partial charge in [-0.2, -0.15) is 0 Å². The minimum Gasteiger partial charge on any atom is -0.669 e. The first-order valence-electron chi connectivity index (χ1n) is 22.2. The summed E-state index contributed by atoms with van der Waals surface area (Å²) >= 11 is 0. The molecule has 4 fully saturated rings. The molecule has 68 heavy (non-hydrogen) atoms. The molecule has 4 saturated heterocycles. The standard InChI is InChI=1S/2C21H29BN3O8.2Na/c2*1-24(2)20(27)15-7-12(9-23-15)8-17(26)25-10-14(11-25)32-16-4-3-13-5-6-22(30,31)33-19(13)18(16)21(28)29;;/h2*3-4,12,14-15,23,30-31H,5-11H2,1-2H3,(H,28,29);;/q2*-1;2*+1/t2*12-,15+;;/m11../s1. The minimum absolute atomic E-state index is 0. The number of aromatic carboxylic acids is 2. The number of hydrogen-bond acceptors (Lipinski definition) is 16. The topological polar surface area (TPSA) is 298 Å². The number of likely N-dealkylation sites (N-methyl/N-ethyl adjacent to an activating group) is 2. The minimum atomic E-state index is -3.11. The van der Waals surface area contributed by atoms with E-state index in [1.165, 1.54) is 12.1 Å². The van der Waals surface area contributed by atoms with E-state index in [0.29, 0.717) is 76.1 Å². The van der Waals surface area contributed by atoms with Crippen LogP contribution < -0.4 is 88.5 Å². The summed E-state index contributed by atoms with van der Waals surface area (Å²) in [6, 6.07) is 5.87. The van der Waals surface area contributed by atoms with Crippen LogP contribution in [0.25, 0.3) is 0 Å². The van der Waals surface area contributed by atoms with Crippen LogP contribution in [0.5, 0.6) is 23.0 Å². The van der Waals surface area contributed by atoms with Crippen molar-refractivity contribution in [3.8, 4) is 23.0 Å². The molecular formula is C42H58B2N6Na2O16. The van der Waals surface area contributed by atoms with Gasteiger partial charge in [0, 0.05) is 41.0 Å². The fraction of sp³-hybridized carbons (Fsp3) is 0.571. The molecule has 0 radical (unpaired) electrons. The molecule has 360 valence electrons. The molecule has 2 aromatic carbocycles. The SMILES string of the molecule is CN(C)C(=O)[C@@H]1C[C@H](CC(=O)N2CC(Oc3ccc4c(c3C(=O)O)O[B-](O)(O)CC4)C2)CN1.CN(C)C(=O)[C@@H]1C[C@H](CC(=O)N2CC(Oc3ccc4c(c3C(=O)O)O[B-](O)(O)CC4)C2)CN1.[Na+].[Na+]. The van der Waals surface area contributed by atoms with Gasteiger partial charge in [-0.05, 0) is 73.9 Å². The van der Waals surface area contributed by atoms with Crippen molar-refractivity contribution in [2.45, 2.75) is 75.5 Å². The summed E-state index contributed by atoms with van der Waals surface area (Å²) < 4.78 is 22.0. The second-order valence-corrected chi connectivity index (χ2v) is 18.6. The molecule has 0 aliphatic carbocycles. The number of likely N-dealkylation sites (tertiary alicyclic amines) is 2. The van der Waals surface area contributed by atoms with Crippen LogP contribution in [0.3, 0.4) is 0 Å². The Hall–Kier alpha value is -3.65. The normalized spacial score (nSPS) is 23.1. The van der Waals surface area contributed by atoms with E-state index in [0.717, 1.165) is 0 Å². The number of ether oxygens (including phenoxy) is 2. The summed E-state index contributed by atoms with van der Waals surface area (Å²) in [5.41, 5.74) is 0.642. The Labute approximate surface area is 437 Å². The van der Waals surface area contributed by atoms with Crippen LogP contribution in [0.1, 0.15) is 57.5 Å². The quantitative estimate of drug-likeness (QED) is 0.0917. The number of carbonyl (C=O) groups is 6. The average Bonchev–Trinajstić information content (AvgIpc) is 3.88. The summed E-state index contributed by atoms with van der Waals surface area (Å²) in [6.45, 7) is -3.70. The number of benzene rings is 2. The smallest absolute Gasteiger partial charge is 0.669 e. The second kappa shape index (κ2) is 22.6. The number of fused-ring (bicyclic) bond motifs is 2. The zero-order chi connectivity index (χ0) is 47.8. The Morgan fingerprint density at radius 2 is 0.985 bits per heavy atom. The summed E-state index contributed by atoms with van der Waals surface area (Å²) in [7, 11) is 6.83. The molecule has 0 spiro atoms. The Bertz CT molecular complexity index is 2090. The molecule has 0 bridgehead atoms. The van der Waals surface area contributed by atoms with Gasteiger partial charge < -0.3 is 79.3 Å². The molecule has 4 atom stereocenters. The van der Waals surface area contributed by atoms with Crippen molar-refractivity contribution in [2.24, 2.45) is 11.8 Å². The maximum Gasteiger partial charge on any atom is 1.00 e. The first-order valence-corrected chi connectivity index (χ1v) is 22.2. The molecule has 22 nitrogen and oxygen atoms in total. The molecule has 0 saturated carbocycles. The van der Waals surface area contributed by atoms with E-state index in [9.17, 15) is 59.1 Å². The van der Waals surface area contributed by atoms with Gasteiger partial charge in [-0.1, -0.05) is 24.8 Å². The van der Waals surface area contributed by atoms with Gasteiger partial charge in [0.2, 0.25) is 23.6 Å². The van der Waals surface area contributed by atoms with Gasteiger partial charge in [-0.3, -0.25) is 19.2 Å². The van der Waals surface area contributed by atoms with Crippen molar-refractivity contribution in [2.75, 3.05) is 67.5 Å². The van der Waals surface area contributed by atoms with Crippen LogP contribution in [0.2, 0.25) is 12.6 Å². The molecule has 8 rings (SSSR count). The molecule has 26 heteroatoms. The summed E-state index contributed by atoms with van der Waals surface area (Å²) in [5, 5.41) is 65.0. The number of carbonyl (C=O) groups excluding carboxylic acids is 4. The van der Waals surface area contributed by atoms with Crippen molar-refractivity contribution in [3.63, 3.8) is 0 Å². The first kappa shape index (κ1) is 55.3. The summed E-state index contributed by atoms with van der Waals surface area (Å²) in [6.07, 6.45) is 1.70. The van der Waals surface area contributed by atoms with Gasteiger partial charge in [0.15, 0.2) is 0 Å². The van der Waals surface area contributed by atoms with Crippen LogP contribution in [-0.2, 0) is 32.0 Å². The molecule has 0 unspecified atom stereocenters. The Morgan fingerprint density at radius 3 is 1.31 bits per heavy atom. The number of hydrogen-bond donors (Lipinski definition) is 8. The third-order valence-electron chi connectivity index (χ3n) is 12.9. The van der Waals surface area contributed by atoms with Crippen LogP contribution >= 0.6 is 0 Å². The van der Waals surface area contributed by atoms with E-state index in [1.54, 1.807) is 59.9 Å². The zero-order valence-electron chi connectivity index (χ0n) is 39.4. The van der Waals surface area contributed by atoms with Gasteiger partial charge in [-0.15, -0.1) is 0 Å². The summed E-state index contributed by atoms with van der Waals surface area (Å²) in [5.74, 6) is -2.50. The van der Waals surface area contributed by atoms with Gasteiger partial charge in [0.25, 0.3) is 0 Å². The molecule has 6 aliphatic rings. The van der Waals surface area contributed by atoms with E-state index in [1.807, 2.05) is 0 Å². The fourth-order valence-corrected chi connectivity index (χ4v) is 9.13. The molecule has 2 aromatic rings. The van der Waals surface area contributed by atoms with Gasteiger partial charge in [-0.25, -0.2) is 9.59 Å². The number of carboxylic acid groups (broad SMARTS) is 2. The number of rotatable bonds is 12. The molecular weight excluding hydrogens is 912 g/mol. The monoisotopic (exact) mass is 970 g/mol. The van der Waals surface area contributed by atoms with E-state index < -0.39 is 25.4 Å². The van der Waals surface area contributed by atoms with Crippen molar-refractivity contribution in [1.82, 2.24) is 30.2 Å². The van der Waals surface area contributed by atoms with Gasteiger partial charge in [0.1, 0.15) is 34.8 Å². The largest absolute Gasteiger partial charge is 1.00 e. The first-order chi connectivity index (χ1) is 31.1. The number of nitrogens with zero attached hydrogens (tertiary/aromatic N) is 4. The maximum absolute atomic E-state index is 12.6. The summed E-state index contributed by atoms with van der Waals surface area (Å²) in [4.78, 5) is 79.5. The van der Waals surface area contributed by atoms with E-state index >= 15 is 0 Å². The molecule has 6 heterocycles. The number of amides is 4. The number of nitrogens with one attached hydrogen (secondary N) is 2. The van der Waals surface area contributed by atoms with E-state index in [4.69, 9.17) is 18.8 Å². The van der Waals surface area contributed by atoms with Crippen LogP contribution in [0.15, 0.2) is 24.3 Å². The third kappa shape index (κ3) is 13.0. The molecule has 4 amide bonds. The number of carboxylic acids is 2. The Morgan fingerprint density at radius 1 is 0.632 bits per heavy atom. The molecule has 0 aromatic heterocycles. The van der Waals surface area contributed by atoms with Crippen LogP contribution in [0.4, 0.5) is 0 Å². The van der Waals surface area contributed by atoms with E-state index in [2.05, 4.69) is 10.6 Å². The zero-order valence-corrected chi connectivity index (χ0v) is 43.4. The fourth-order valence-electron chi connectivity index (χ4n) is 9.13. The third-order valence-corrected chi connectivity index (χ3v) is 12.9. The van der Waals surface area contributed by atoms with Crippen molar-refractivity contribution >= 4 is 49.1 Å². The van der Waals surface area contributed by atoms with Crippen molar-refractivity contribution < 1.29 is 137 Å². The van der Waals surface area contributed by atoms with Crippen molar-refractivity contribution in [3.05, 3.63) is 46.5 Å². The van der Waals surface area contributed by atoms with Crippen LogP contribution in [0, 0.1) is 11.8 Å². The predicted octanol–water partition coefficient (Wildman–Crippen LogP) is -7.41. The molecule has 8 N–H and O–H groups in total. The second-order valence-electron chi connectivity index (χ2n) is 18.6. The van der Waals surface area contributed by atoms with Crippen LogP contribution in [-0.4, -0.2) is 191 Å². The molecule has 6 aliphatic heterocycles. The number of aryl methyl sites for hydroxylation is 2.